The average Bonchev–Trinajstić information content (AvgIpc) is 3.24. The molecule has 4 nitrogen and oxygen atoms in total. The van der Waals surface area contributed by atoms with E-state index in [0.29, 0.717) is 34.4 Å². The maximum Gasteiger partial charge on any atom is 0.232 e. The molecule has 0 aromatic carbocycles. The summed E-state index contributed by atoms with van der Waals surface area (Å²) in [7, 11) is 0. The van der Waals surface area contributed by atoms with Crippen LogP contribution in [0.4, 0.5) is 5.82 Å². The minimum absolute atomic E-state index is 0.201. The van der Waals surface area contributed by atoms with Gasteiger partial charge in [-0.2, -0.15) is 0 Å². The van der Waals surface area contributed by atoms with Crippen molar-refractivity contribution in [1.82, 2.24) is 10.3 Å². The van der Waals surface area contributed by atoms with Gasteiger partial charge in [0.25, 0.3) is 0 Å². The van der Waals surface area contributed by atoms with Crippen LogP contribution in [0, 0.1) is 51.2 Å². The highest BCUT2D eigenvalue weighted by Crippen LogP contribution is 2.76. The Hall–Kier alpha value is -1.68. The van der Waals surface area contributed by atoms with Crippen LogP contribution in [0.25, 0.3) is 0 Å². The molecule has 6 rings (SSSR count). The van der Waals surface area contributed by atoms with Crippen LogP contribution in [-0.2, 0) is 4.79 Å². The van der Waals surface area contributed by atoms with Gasteiger partial charge in [0.05, 0.1) is 5.41 Å². The number of rotatable bonds is 3. The predicted molar refractivity (Wildman–Crippen MR) is 160 cm³/mol. The molecule has 0 bridgehead atoms. The monoisotopic (exact) mass is 531 g/mol. The second-order valence-electron chi connectivity index (χ2n) is 15.8. The molecule has 1 aromatic rings. The Labute approximate surface area is 237 Å². The minimum atomic E-state index is -0.302. The lowest BCUT2D eigenvalue weighted by molar-refractivity contribution is -0.222. The number of allylic oxidation sites excluding steroid dienone is 1. The second kappa shape index (κ2) is 9.16. The highest BCUT2D eigenvalue weighted by atomic mass is 16.2. The molecule has 0 radical (unpaired) electrons. The summed E-state index contributed by atoms with van der Waals surface area (Å²) in [5.74, 6) is 3.79. The molecular weight excluding hydrogens is 478 g/mol. The first-order valence-electron chi connectivity index (χ1n) is 16.0. The quantitative estimate of drug-likeness (QED) is 0.388. The van der Waals surface area contributed by atoms with Crippen LogP contribution >= 0.6 is 0 Å². The third-order valence-electron chi connectivity index (χ3n) is 14.0. The third-order valence-corrected chi connectivity index (χ3v) is 14.0. The summed E-state index contributed by atoms with van der Waals surface area (Å²) in [4.78, 5) is 18.7. The molecule has 0 spiro atoms. The third kappa shape index (κ3) is 3.78. The van der Waals surface area contributed by atoms with Crippen LogP contribution in [0.15, 0.2) is 36.5 Å². The number of nitrogens with zero attached hydrogens (tertiary/aromatic N) is 1. The van der Waals surface area contributed by atoms with Gasteiger partial charge in [-0.15, -0.1) is 0 Å². The van der Waals surface area contributed by atoms with Crippen molar-refractivity contribution in [2.75, 3.05) is 11.9 Å². The van der Waals surface area contributed by atoms with E-state index in [2.05, 4.69) is 63.7 Å². The Bertz CT molecular complexity index is 1130. The molecule has 39 heavy (non-hydrogen) atoms. The molecule has 4 saturated carbocycles. The van der Waals surface area contributed by atoms with Gasteiger partial charge in [0.15, 0.2) is 0 Å². The molecule has 1 amide bonds. The highest BCUT2D eigenvalue weighted by molar-refractivity contribution is 5.95. The fourth-order valence-electron chi connectivity index (χ4n) is 12.1. The van der Waals surface area contributed by atoms with Crippen molar-refractivity contribution in [1.29, 1.82) is 0 Å². The van der Waals surface area contributed by atoms with Crippen molar-refractivity contribution in [2.24, 2.45) is 51.2 Å². The van der Waals surface area contributed by atoms with E-state index in [1.54, 1.807) is 6.20 Å². The van der Waals surface area contributed by atoms with Crippen LogP contribution in [0.1, 0.15) is 106 Å². The maximum absolute atomic E-state index is 14.2. The van der Waals surface area contributed by atoms with Crippen molar-refractivity contribution in [3.63, 3.8) is 0 Å². The molecule has 9 atom stereocenters. The molecule has 1 aromatic heterocycles. The van der Waals surface area contributed by atoms with E-state index in [0.717, 1.165) is 37.6 Å². The first-order chi connectivity index (χ1) is 18.4. The van der Waals surface area contributed by atoms with E-state index in [9.17, 15) is 4.79 Å². The number of carbonyl (C=O) groups excluding carboxylic acids is 1. The zero-order valence-corrected chi connectivity index (χ0v) is 25.5. The van der Waals surface area contributed by atoms with E-state index in [1.165, 1.54) is 50.5 Å². The summed E-state index contributed by atoms with van der Waals surface area (Å²) in [6.07, 6.45) is 13.9. The Morgan fingerprint density at radius 3 is 2.46 bits per heavy atom. The molecule has 214 valence electrons. The van der Waals surface area contributed by atoms with Gasteiger partial charge in [0, 0.05) is 11.7 Å². The highest BCUT2D eigenvalue weighted by Gasteiger charge is 2.71. The second-order valence-corrected chi connectivity index (χ2v) is 15.8. The van der Waals surface area contributed by atoms with Crippen LogP contribution in [0.2, 0.25) is 0 Å². The summed E-state index contributed by atoms with van der Waals surface area (Å²) in [6.45, 7) is 20.9. The molecular formula is C35H53N3O. The molecule has 1 aliphatic heterocycles. The molecule has 0 unspecified atom stereocenters. The molecule has 2 N–H and O–H groups in total. The SMILES string of the molecule is C=C(C)[C@@H]1CC[C@]2(C(=O)Nc3ccccn3)CC[C@]3(C)[C@H](CC[C@@H]4[C@@]5(C)CCCNC(C)(C)[C@@H]5CC[C@]43C)[C@@H]12. The van der Waals surface area contributed by atoms with E-state index < -0.39 is 0 Å². The fourth-order valence-corrected chi connectivity index (χ4v) is 12.1. The molecule has 1 saturated heterocycles. The van der Waals surface area contributed by atoms with Crippen LogP contribution in [0.3, 0.4) is 0 Å². The van der Waals surface area contributed by atoms with Crippen molar-refractivity contribution in [3.8, 4) is 0 Å². The lowest BCUT2D eigenvalue weighted by Gasteiger charge is -2.71. The van der Waals surface area contributed by atoms with Crippen molar-refractivity contribution >= 4 is 11.7 Å². The van der Waals surface area contributed by atoms with Gasteiger partial charge in [0.1, 0.15) is 5.82 Å². The number of carbonyl (C=O) groups is 1. The van der Waals surface area contributed by atoms with E-state index in [1.807, 2.05) is 18.2 Å². The zero-order valence-electron chi connectivity index (χ0n) is 25.5. The lowest BCUT2D eigenvalue weighted by atomic mass is 9.33. The fraction of sp³-hybridized carbons (Fsp3) is 0.771. The first kappa shape index (κ1) is 27.5. The van der Waals surface area contributed by atoms with Crippen LogP contribution < -0.4 is 10.6 Å². The number of fused-ring (bicyclic) bond motifs is 7. The summed E-state index contributed by atoms with van der Waals surface area (Å²) in [6, 6.07) is 5.80. The Morgan fingerprint density at radius 1 is 0.949 bits per heavy atom. The number of amides is 1. The molecule has 4 heteroatoms. The van der Waals surface area contributed by atoms with Crippen LogP contribution in [-0.4, -0.2) is 23.0 Å². The number of hydrogen-bond donors (Lipinski definition) is 2. The minimum Gasteiger partial charge on any atom is -0.311 e. The number of hydrogen-bond acceptors (Lipinski definition) is 3. The van der Waals surface area contributed by atoms with Gasteiger partial charge in [-0.3, -0.25) is 4.79 Å². The van der Waals surface area contributed by atoms with Crippen molar-refractivity contribution in [3.05, 3.63) is 36.5 Å². The summed E-state index contributed by atoms with van der Waals surface area (Å²) in [5.41, 5.74) is 2.13. The lowest BCUT2D eigenvalue weighted by Crippen LogP contribution is -2.66. The summed E-state index contributed by atoms with van der Waals surface area (Å²) >= 11 is 0. The predicted octanol–water partition coefficient (Wildman–Crippen LogP) is 8.02. The van der Waals surface area contributed by atoms with Gasteiger partial charge >= 0.3 is 0 Å². The average molecular weight is 532 g/mol. The van der Waals surface area contributed by atoms with Crippen molar-refractivity contribution in [2.45, 2.75) is 111 Å². The number of nitrogens with one attached hydrogen (secondary N) is 2. The number of anilines is 1. The van der Waals surface area contributed by atoms with E-state index >= 15 is 0 Å². The molecule has 4 aliphatic carbocycles. The van der Waals surface area contributed by atoms with Gasteiger partial charge in [-0.25, -0.2) is 4.98 Å². The maximum atomic E-state index is 14.2. The van der Waals surface area contributed by atoms with Gasteiger partial charge in [-0.05, 0) is 149 Å². The molecule has 5 aliphatic rings. The Kier molecular flexibility index (Phi) is 6.46. The largest absolute Gasteiger partial charge is 0.311 e. The Morgan fingerprint density at radius 2 is 1.74 bits per heavy atom. The van der Waals surface area contributed by atoms with Gasteiger partial charge in [-0.1, -0.05) is 39.0 Å². The van der Waals surface area contributed by atoms with Gasteiger partial charge < -0.3 is 10.6 Å². The molecule has 2 heterocycles. The van der Waals surface area contributed by atoms with Crippen molar-refractivity contribution < 1.29 is 4.79 Å². The summed E-state index contributed by atoms with van der Waals surface area (Å²) < 4.78 is 0. The standard InChI is InChI=1S/C35H53N3O/c1-23(2)24-14-18-35(30(39)38-28-11-8-9-21-36-28)20-19-33(6)25(29(24)35)12-13-27-32(5)16-10-22-37-31(3,4)26(32)15-17-34(27,33)7/h8-9,11,21,24-27,29,37H,1,10,12-20,22H2,2-7H3,(H,36,38,39)/t24-,25+,26-,27+,29+,32-,33+,34+,35-/m0/s1. The van der Waals surface area contributed by atoms with E-state index in [-0.39, 0.29) is 22.3 Å². The van der Waals surface area contributed by atoms with E-state index in [4.69, 9.17) is 0 Å². The zero-order chi connectivity index (χ0) is 27.8. The number of pyridine rings is 1. The first-order valence-corrected chi connectivity index (χ1v) is 16.0. The van der Waals surface area contributed by atoms with Crippen LogP contribution in [0.5, 0.6) is 0 Å². The smallest absolute Gasteiger partial charge is 0.232 e. The Balaban J connectivity index is 1.38. The summed E-state index contributed by atoms with van der Waals surface area (Å²) in [5, 5.41) is 7.23. The topological polar surface area (TPSA) is 54.0 Å². The van der Waals surface area contributed by atoms with Gasteiger partial charge in [0.2, 0.25) is 5.91 Å². The normalized spacial score (nSPS) is 46.6. The molecule has 5 fully saturated rings. The number of aromatic nitrogens is 1.